The average molecular weight is 411 g/mol. The van der Waals surface area contributed by atoms with Gasteiger partial charge in [0.25, 0.3) is 0 Å². The first-order valence-corrected chi connectivity index (χ1v) is 10.5. The Morgan fingerprint density at radius 3 is 2.66 bits per heavy atom. The fraction of sp³-hybridized carbons (Fsp3) is 0.250. The Hall–Kier alpha value is -3.04. The predicted octanol–water partition coefficient (Wildman–Crippen LogP) is 3.55. The summed E-state index contributed by atoms with van der Waals surface area (Å²) in [5.41, 5.74) is 4.28. The van der Waals surface area contributed by atoms with E-state index < -0.39 is 14.6 Å². The first-order chi connectivity index (χ1) is 13.8. The molecule has 0 spiro atoms. The average Bonchev–Trinajstić information content (AvgIpc) is 3.10. The lowest BCUT2D eigenvalue weighted by molar-refractivity contribution is 0.119. The van der Waals surface area contributed by atoms with Crippen LogP contribution >= 0.6 is 0 Å². The highest BCUT2D eigenvalue weighted by Crippen LogP contribution is 2.27. The van der Waals surface area contributed by atoms with Gasteiger partial charge in [-0.3, -0.25) is 0 Å². The fourth-order valence-corrected chi connectivity index (χ4v) is 4.10. The molecule has 2 heterocycles. The quantitative estimate of drug-likeness (QED) is 0.501. The molecule has 8 nitrogen and oxygen atoms in total. The maximum absolute atomic E-state index is 12.6. The Morgan fingerprint density at radius 1 is 1.07 bits per heavy atom. The van der Waals surface area contributed by atoms with Crippen LogP contribution in [-0.2, 0) is 21.4 Å². The topological polar surface area (TPSA) is 99.0 Å². The summed E-state index contributed by atoms with van der Waals surface area (Å²) in [5.74, 6) is 0.278. The van der Waals surface area contributed by atoms with Crippen molar-refractivity contribution in [1.29, 1.82) is 0 Å². The molecule has 0 atom stereocenters. The van der Waals surface area contributed by atoms with Crippen LogP contribution in [0.3, 0.4) is 0 Å². The van der Waals surface area contributed by atoms with Gasteiger partial charge < -0.3 is 0 Å². The van der Waals surface area contributed by atoms with Crippen LogP contribution in [-0.4, -0.2) is 32.9 Å². The summed E-state index contributed by atoms with van der Waals surface area (Å²) in [7, 11) is -3.44. The lowest BCUT2D eigenvalue weighted by atomic mass is 10.2. The van der Waals surface area contributed by atoms with E-state index in [2.05, 4.69) is 20.5 Å². The third-order valence-electron chi connectivity index (χ3n) is 4.57. The summed E-state index contributed by atoms with van der Waals surface area (Å²) in [6.07, 6.45) is 3.34. The van der Waals surface area contributed by atoms with Gasteiger partial charge in [-0.05, 0) is 45.0 Å². The minimum absolute atomic E-state index is 0.178. The molecule has 0 radical (unpaired) electrons. The van der Waals surface area contributed by atoms with E-state index in [9.17, 15) is 8.42 Å². The van der Waals surface area contributed by atoms with Crippen molar-refractivity contribution in [2.45, 2.75) is 37.1 Å². The summed E-state index contributed by atoms with van der Waals surface area (Å²) in [4.78, 5) is 14.3. The minimum atomic E-state index is -3.44. The normalized spacial score (nSPS) is 12.5. The molecular formula is C20H21N5O3S. The van der Waals surface area contributed by atoms with E-state index >= 15 is 0 Å². The van der Waals surface area contributed by atoms with Gasteiger partial charge in [0.2, 0.25) is 5.95 Å². The molecule has 0 amide bonds. The van der Waals surface area contributed by atoms with E-state index in [1.165, 1.54) is 0 Å². The number of nitrogens with one attached hydrogen (secondary N) is 1. The summed E-state index contributed by atoms with van der Waals surface area (Å²) < 4.78 is 26.1. The monoisotopic (exact) mass is 411 g/mol. The molecule has 9 heteroatoms. The van der Waals surface area contributed by atoms with Gasteiger partial charge in [-0.2, -0.15) is 5.10 Å². The van der Waals surface area contributed by atoms with Gasteiger partial charge in [-0.15, -0.1) is 0 Å². The lowest BCUT2D eigenvalue weighted by Crippen LogP contribution is -2.27. The van der Waals surface area contributed by atoms with E-state index in [4.69, 9.17) is 4.84 Å². The number of sulfone groups is 1. The van der Waals surface area contributed by atoms with Crippen molar-refractivity contribution >= 4 is 37.6 Å². The van der Waals surface area contributed by atoms with Crippen LogP contribution in [0.15, 0.2) is 59.8 Å². The molecule has 0 aliphatic heterocycles. The Kier molecular flexibility index (Phi) is 4.71. The number of hydrogen-bond donors (Lipinski definition) is 1. The second-order valence-corrected chi connectivity index (χ2v) is 10.3. The Labute approximate surface area is 168 Å². The van der Waals surface area contributed by atoms with Gasteiger partial charge in [0.15, 0.2) is 16.6 Å². The summed E-state index contributed by atoms with van der Waals surface area (Å²) >= 11 is 0. The van der Waals surface area contributed by atoms with Crippen LogP contribution in [0.2, 0.25) is 0 Å². The minimum Gasteiger partial charge on any atom is -0.250 e. The summed E-state index contributed by atoms with van der Waals surface area (Å²) in [5, 5.41) is 5.95. The number of benzene rings is 2. The molecule has 2 aromatic carbocycles. The molecule has 0 saturated heterocycles. The summed E-state index contributed by atoms with van der Waals surface area (Å²) in [6, 6.07) is 12.7. The number of aromatic nitrogens is 4. The van der Waals surface area contributed by atoms with E-state index in [1.54, 1.807) is 56.0 Å². The van der Waals surface area contributed by atoms with Gasteiger partial charge in [-0.1, -0.05) is 18.2 Å². The van der Waals surface area contributed by atoms with Gasteiger partial charge in [0, 0.05) is 17.0 Å². The largest absolute Gasteiger partial charge is 0.250 e. The van der Waals surface area contributed by atoms with Crippen LogP contribution in [0.25, 0.3) is 21.8 Å². The van der Waals surface area contributed by atoms with Crippen LogP contribution in [0.1, 0.15) is 20.8 Å². The van der Waals surface area contributed by atoms with Gasteiger partial charge in [0.1, 0.15) is 0 Å². The van der Waals surface area contributed by atoms with E-state index in [1.807, 2.05) is 24.3 Å². The number of rotatable bonds is 5. The Balaban J connectivity index is 1.50. The Morgan fingerprint density at radius 2 is 1.86 bits per heavy atom. The number of para-hydroxylation sites is 1. The van der Waals surface area contributed by atoms with Crippen molar-refractivity contribution in [3.8, 4) is 0 Å². The van der Waals surface area contributed by atoms with Crippen molar-refractivity contribution in [3.05, 3.63) is 54.9 Å². The third-order valence-corrected chi connectivity index (χ3v) is 7.06. The zero-order valence-corrected chi connectivity index (χ0v) is 17.1. The van der Waals surface area contributed by atoms with Crippen molar-refractivity contribution in [3.63, 3.8) is 0 Å². The maximum atomic E-state index is 12.6. The molecule has 4 rings (SSSR count). The second kappa shape index (κ2) is 7.09. The smallest absolute Gasteiger partial charge is 0.247 e. The number of nitrogens with zero attached hydrogens (tertiary/aromatic N) is 4. The molecule has 1 N–H and O–H groups in total. The molecule has 2 aromatic heterocycles. The van der Waals surface area contributed by atoms with Crippen LogP contribution in [0.4, 0.5) is 5.95 Å². The first-order valence-electron chi connectivity index (χ1n) is 9.05. The van der Waals surface area contributed by atoms with E-state index in [0.29, 0.717) is 10.9 Å². The first kappa shape index (κ1) is 19.3. The molecule has 0 bridgehead atoms. The molecule has 150 valence electrons. The van der Waals surface area contributed by atoms with E-state index in [-0.39, 0.29) is 17.6 Å². The molecule has 0 saturated carbocycles. The molecule has 29 heavy (non-hydrogen) atoms. The molecule has 0 aliphatic rings. The molecular weight excluding hydrogens is 390 g/mol. The predicted molar refractivity (Wildman–Crippen MR) is 111 cm³/mol. The molecule has 0 aliphatic carbocycles. The van der Waals surface area contributed by atoms with Gasteiger partial charge in [0.05, 0.1) is 26.9 Å². The number of fused-ring (bicyclic) bond motifs is 2. The highest BCUT2D eigenvalue weighted by molar-refractivity contribution is 7.92. The molecule has 0 unspecified atom stereocenters. The Bertz CT molecular complexity index is 1290. The summed E-state index contributed by atoms with van der Waals surface area (Å²) in [6.45, 7) is 5.21. The van der Waals surface area contributed by atoms with Crippen molar-refractivity contribution in [1.82, 2.24) is 19.7 Å². The highest BCUT2D eigenvalue weighted by atomic mass is 32.2. The number of hydrogen-bond acceptors (Lipinski definition) is 7. The van der Waals surface area contributed by atoms with Crippen molar-refractivity contribution in [2.75, 3.05) is 5.48 Å². The molecule has 4 aromatic rings. The standard InChI is InChI=1S/C20H21N5O3S/c1-20(2,3)29(26,27)16-8-9-17-15(10-16)11-21-19(23-17)24-28-13-25-18-7-5-4-6-14(18)12-22-25/h4-12H,13H2,1-3H3,(H,21,23,24). The van der Waals surface area contributed by atoms with Crippen LogP contribution < -0.4 is 5.48 Å². The number of anilines is 1. The van der Waals surface area contributed by atoms with Gasteiger partial charge in [-0.25, -0.2) is 33.4 Å². The second-order valence-electron chi connectivity index (χ2n) is 7.61. The molecule has 0 fully saturated rings. The van der Waals surface area contributed by atoms with Crippen molar-refractivity contribution < 1.29 is 13.3 Å². The maximum Gasteiger partial charge on any atom is 0.247 e. The van der Waals surface area contributed by atoms with Crippen molar-refractivity contribution in [2.24, 2.45) is 0 Å². The highest BCUT2D eigenvalue weighted by Gasteiger charge is 2.30. The zero-order chi connectivity index (χ0) is 20.6. The zero-order valence-electron chi connectivity index (χ0n) is 16.3. The van der Waals surface area contributed by atoms with E-state index in [0.717, 1.165) is 10.9 Å². The van der Waals surface area contributed by atoms with Crippen LogP contribution in [0, 0.1) is 0 Å². The SMILES string of the molecule is CC(C)(C)S(=O)(=O)c1ccc2nc(NOCn3ncc4ccccc43)ncc2c1. The van der Waals surface area contributed by atoms with Crippen LogP contribution in [0.5, 0.6) is 0 Å². The fourth-order valence-electron chi connectivity index (χ4n) is 2.87. The lowest BCUT2D eigenvalue weighted by Gasteiger charge is -2.19. The van der Waals surface area contributed by atoms with Gasteiger partial charge >= 0.3 is 0 Å². The third kappa shape index (κ3) is 3.66.